The number of hydrogen-bond acceptors (Lipinski definition) is 10. The molecule has 2 aromatic heterocycles. The number of aromatic nitrogens is 3. The highest BCUT2D eigenvalue weighted by atomic mass is 35.5. The van der Waals surface area contributed by atoms with E-state index in [1.165, 1.54) is 14.2 Å². The molecule has 1 fully saturated rings. The van der Waals surface area contributed by atoms with E-state index < -0.39 is 12.1 Å². The van der Waals surface area contributed by atoms with E-state index in [0.29, 0.717) is 63.3 Å². The Morgan fingerprint density at radius 1 is 1.16 bits per heavy atom. The number of nitrogens with two attached hydrogens (primary N) is 1. The largest absolute Gasteiger partial charge is 0.495 e. The fraction of sp³-hybridized carbons (Fsp3) is 0.364. The normalized spacial score (nSPS) is 17.0. The summed E-state index contributed by atoms with van der Waals surface area (Å²) >= 11 is 13.1. The second-order valence-corrected chi connectivity index (χ2v) is 8.53. The average Bonchev–Trinajstić information content (AvgIpc) is 3.27. The quantitative estimate of drug-likeness (QED) is 0.337. The minimum atomic E-state index is -5.08. The van der Waals surface area contributed by atoms with Crippen LogP contribution in [0.5, 0.6) is 11.5 Å². The van der Waals surface area contributed by atoms with Gasteiger partial charge in [-0.1, -0.05) is 23.2 Å². The molecule has 5 N–H and O–H groups in total. The predicted octanol–water partition coefficient (Wildman–Crippen LogP) is 3.83. The Morgan fingerprint density at radius 3 is 2.24 bits per heavy atom. The first kappa shape index (κ1) is 29.2. The first-order valence-electron chi connectivity index (χ1n) is 10.8. The van der Waals surface area contributed by atoms with E-state index in [1.54, 1.807) is 19.3 Å². The van der Waals surface area contributed by atoms with Gasteiger partial charge in [-0.05, 0) is 6.07 Å². The molecule has 1 aromatic carbocycles. The number of alkyl halides is 3. The number of aliphatic carboxylic acids is 1. The number of pyridine rings is 1. The number of carboxylic acids is 1. The molecule has 3 heterocycles. The maximum absolute atomic E-state index is 10.6. The number of ether oxygens (including phenoxy) is 3. The van der Waals surface area contributed by atoms with Crippen LogP contribution in [0.25, 0.3) is 22.2 Å². The summed E-state index contributed by atoms with van der Waals surface area (Å²) in [6.07, 6.45) is -3.38. The van der Waals surface area contributed by atoms with E-state index in [0.717, 1.165) is 5.39 Å². The van der Waals surface area contributed by atoms with Crippen molar-refractivity contribution < 1.29 is 37.3 Å². The van der Waals surface area contributed by atoms with E-state index in [1.807, 2.05) is 6.07 Å². The number of nitrogens with zero attached hydrogens (tertiary/aromatic N) is 3. The maximum Gasteiger partial charge on any atom is 0.490 e. The van der Waals surface area contributed by atoms with Gasteiger partial charge in [-0.3, -0.25) is 0 Å². The van der Waals surface area contributed by atoms with Crippen molar-refractivity contribution in [2.75, 3.05) is 45.1 Å². The van der Waals surface area contributed by atoms with Gasteiger partial charge in [0, 0.05) is 30.3 Å². The summed E-state index contributed by atoms with van der Waals surface area (Å²) in [5.74, 6) is -0.913. The summed E-state index contributed by atoms with van der Waals surface area (Å²) in [5, 5.41) is 14.8. The van der Waals surface area contributed by atoms with Crippen LogP contribution in [0.15, 0.2) is 18.3 Å². The van der Waals surface area contributed by atoms with Crippen molar-refractivity contribution in [3.8, 4) is 22.8 Å². The maximum atomic E-state index is 10.6. The number of fused-ring (bicyclic) bond motifs is 1. The summed E-state index contributed by atoms with van der Waals surface area (Å²) in [4.78, 5) is 22.6. The molecule has 16 heteroatoms. The van der Waals surface area contributed by atoms with Gasteiger partial charge >= 0.3 is 12.1 Å². The highest BCUT2D eigenvalue weighted by molar-refractivity contribution is 6.41. The van der Waals surface area contributed by atoms with Crippen molar-refractivity contribution >= 4 is 51.8 Å². The molecule has 1 saturated heterocycles. The van der Waals surface area contributed by atoms with E-state index in [9.17, 15) is 13.2 Å². The summed E-state index contributed by atoms with van der Waals surface area (Å²) in [5.41, 5.74) is 7.70. The minimum absolute atomic E-state index is 0.0513. The summed E-state index contributed by atoms with van der Waals surface area (Å²) in [7, 11) is 4.81. The van der Waals surface area contributed by atoms with Gasteiger partial charge in [0.2, 0.25) is 5.95 Å². The Morgan fingerprint density at radius 2 is 1.76 bits per heavy atom. The van der Waals surface area contributed by atoms with Crippen LogP contribution in [0.3, 0.4) is 0 Å². The first-order chi connectivity index (χ1) is 17.9. The molecule has 0 saturated carbocycles. The van der Waals surface area contributed by atoms with Gasteiger partial charge in [-0.15, -0.1) is 0 Å². The Labute approximate surface area is 224 Å². The molecule has 0 unspecified atom stereocenters. The number of nitrogens with one attached hydrogen (secondary N) is 2. The van der Waals surface area contributed by atoms with Crippen molar-refractivity contribution in [3.63, 3.8) is 0 Å². The van der Waals surface area contributed by atoms with Gasteiger partial charge in [0.15, 0.2) is 5.82 Å². The molecule has 1 aliphatic rings. The van der Waals surface area contributed by atoms with Gasteiger partial charge in [0.25, 0.3) is 0 Å². The number of anilines is 2. The Balaban J connectivity index is 0.000000505. The third kappa shape index (κ3) is 6.38. The van der Waals surface area contributed by atoms with Gasteiger partial charge in [-0.25, -0.2) is 19.7 Å². The highest BCUT2D eigenvalue weighted by Crippen LogP contribution is 2.46. The molecule has 38 heavy (non-hydrogen) atoms. The lowest BCUT2D eigenvalue weighted by Crippen LogP contribution is -2.39. The van der Waals surface area contributed by atoms with Crippen molar-refractivity contribution in [3.05, 3.63) is 28.4 Å². The first-order valence-corrected chi connectivity index (χ1v) is 11.5. The molecule has 0 radical (unpaired) electrons. The van der Waals surface area contributed by atoms with Gasteiger partial charge < -0.3 is 35.7 Å². The SMILES string of the molecule is CNc1nc(-c2c(Cl)c(OC)cc(OC)c2Cl)cc2cnc(N[C@@H]3COC[C@@H]3N)nc12.O=C(O)C(F)(F)F. The van der Waals surface area contributed by atoms with Crippen LogP contribution < -0.4 is 25.8 Å². The summed E-state index contributed by atoms with van der Waals surface area (Å²) in [6.45, 7) is 1.01. The van der Waals surface area contributed by atoms with Crippen molar-refractivity contribution in [2.24, 2.45) is 5.73 Å². The molecule has 11 nitrogen and oxygen atoms in total. The third-order valence-electron chi connectivity index (χ3n) is 5.31. The second-order valence-electron chi connectivity index (χ2n) is 7.78. The van der Waals surface area contributed by atoms with E-state index in [-0.39, 0.29) is 12.1 Å². The highest BCUT2D eigenvalue weighted by Gasteiger charge is 2.38. The van der Waals surface area contributed by atoms with Gasteiger partial charge in [0.05, 0.1) is 55.3 Å². The van der Waals surface area contributed by atoms with Gasteiger partial charge in [-0.2, -0.15) is 13.2 Å². The molecule has 0 amide bonds. The zero-order chi connectivity index (χ0) is 28.2. The fourth-order valence-corrected chi connectivity index (χ4v) is 4.10. The summed E-state index contributed by atoms with van der Waals surface area (Å²) < 4.78 is 47.9. The average molecular weight is 579 g/mol. The van der Waals surface area contributed by atoms with Crippen LogP contribution in [-0.4, -0.2) is 78.8 Å². The topological polar surface area (TPSA) is 154 Å². The molecule has 0 spiro atoms. The number of hydrogen-bond donors (Lipinski definition) is 4. The lowest BCUT2D eigenvalue weighted by Gasteiger charge is -2.17. The minimum Gasteiger partial charge on any atom is -0.495 e. The molecule has 2 atom stereocenters. The molecular formula is C22H23Cl2F3N6O5. The Bertz CT molecular complexity index is 1300. The standard InChI is InChI=1S/C20H22Cl2N6O3.C2HF3O2/c1-24-19-18-9(6-25-20(28-18)27-12-8-31-7-10(12)23)4-11(26-19)15-16(21)13(29-2)5-14(30-3)17(15)22;3-2(4,5)1(6)7/h4-6,10,12H,7-8,23H2,1-3H3,(H,24,26)(H,25,27,28);(H,6,7)/t10-,12+;/m0./s1. The third-order valence-corrected chi connectivity index (χ3v) is 6.06. The monoisotopic (exact) mass is 578 g/mol. The molecule has 0 aliphatic carbocycles. The zero-order valence-corrected chi connectivity index (χ0v) is 21.7. The number of carbonyl (C=O) groups is 1. The zero-order valence-electron chi connectivity index (χ0n) is 20.2. The smallest absolute Gasteiger partial charge is 0.490 e. The lowest BCUT2D eigenvalue weighted by atomic mass is 10.1. The molecule has 4 rings (SSSR count). The lowest BCUT2D eigenvalue weighted by molar-refractivity contribution is -0.192. The second kappa shape index (κ2) is 12.0. The number of halogens is 5. The van der Waals surface area contributed by atoms with E-state index in [2.05, 4.69) is 20.6 Å². The predicted molar refractivity (Wildman–Crippen MR) is 135 cm³/mol. The Kier molecular flexibility index (Phi) is 9.25. The van der Waals surface area contributed by atoms with Crippen LogP contribution in [-0.2, 0) is 9.53 Å². The van der Waals surface area contributed by atoms with Crippen LogP contribution >= 0.6 is 23.2 Å². The molecule has 3 aromatic rings. The molecular weight excluding hydrogens is 556 g/mol. The van der Waals surface area contributed by atoms with Crippen LogP contribution in [0.2, 0.25) is 10.0 Å². The summed E-state index contributed by atoms with van der Waals surface area (Å²) in [6, 6.07) is 3.28. The molecule has 206 valence electrons. The Hall–Kier alpha value is -3.33. The van der Waals surface area contributed by atoms with Crippen LogP contribution in [0.4, 0.5) is 24.9 Å². The fourth-order valence-electron chi connectivity index (χ4n) is 3.41. The number of methoxy groups -OCH3 is 2. The number of benzene rings is 1. The van der Waals surface area contributed by atoms with E-state index >= 15 is 0 Å². The van der Waals surface area contributed by atoms with Gasteiger partial charge in [0.1, 0.15) is 17.0 Å². The van der Waals surface area contributed by atoms with Crippen LogP contribution in [0.1, 0.15) is 0 Å². The van der Waals surface area contributed by atoms with Crippen LogP contribution in [0, 0.1) is 0 Å². The van der Waals surface area contributed by atoms with Crippen molar-refractivity contribution in [2.45, 2.75) is 18.3 Å². The van der Waals surface area contributed by atoms with Crippen molar-refractivity contribution in [1.29, 1.82) is 0 Å². The number of carboxylic acid groups (broad SMARTS) is 1. The molecule has 1 aliphatic heterocycles. The molecule has 0 bridgehead atoms. The van der Waals surface area contributed by atoms with Crippen molar-refractivity contribution in [1.82, 2.24) is 15.0 Å². The van der Waals surface area contributed by atoms with E-state index in [4.69, 9.17) is 58.0 Å². The number of rotatable bonds is 6.